The van der Waals surface area contributed by atoms with Crippen LogP contribution in [0.15, 0.2) is 30.3 Å². The standard InChI is InChI=1S/C15H23NOS/c1-4-14(5-2)16-15(17)12(3)18-11-13-9-7-6-8-10-13/h6-10,12,14H,4-5,11H2,1-3H3,(H,16,17). The van der Waals surface area contributed by atoms with E-state index in [1.807, 2.05) is 25.1 Å². The van der Waals surface area contributed by atoms with Gasteiger partial charge in [0.25, 0.3) is 0 Å². The number of hydrogen-bond acceptors (Lipinski definition) is 2. The molecule has 0 heterocycles. The van der Waals surface area contributed by atoms with Crippen molar-refractivity contribution >= 4 is 17.7 Å². The maximum atomic E-state index is 12.0. The van der Waals surface area contributed by atoms with Crippen LogP contribution < -0.4 is 5.32 Å². The van der Waals surface area contributed by atoms with Crippen LogP contribution in [0.3, 0.4) is 0 Å². The van der Waals surface area contributed by atoms with Gasteiger partial charge in [-0.1, -0.05) is 44.2 Å². The summed E-state index contributed by atoms with van der Waals surface area (Å²) in [5, 5.41) is 3.10. The predicted molar refractivity (Wildman–Crippen MR) is 79.7 cm³/mol. The van der Waals surface area contributed by atoms with Crippen LogP contribution in [0.5, 0.6) is 0 Å². The normalized spacial score (nSPS) is 12.4. The van der Waals surface area contributed by atoms with E-state index in [2.05, 4.69) is 31.3 Å². The second kappa shape index (κ2) is 8.20. The Labute approximate surface area is 115 Å². The van der Waals surface area contributed by atoms with Crippen molar-refractivity contribution < 1.29 is 4.79 Å². The van der Waals surface area contributed by atoms with Gasteiger partial charge in [0.1, 0.15) is 0 Å². The van der Waals surface area contributed by atoms with Gasteiger partial charge in [0.05, 0.1) is 5.25 Å². The summed E-state index contributed by atoms with van der Waals surface area (Å²) in [5.41, 5.74) is 1.27. The van der Waals surface area contributed by atoms with Crippen LogP contribution in [0.4, 0.5) is 0 Å². The Morgan fingerprint density at radius 3 is 2.39 bits per heavy atom. The molecule has 0 radical (unpaired) electrons. The lowest BCUT2D eigenvalue weighted by molar-refractivity contribution is -0.121. The molecule has 0 aliphatic heterocycles. The fraction of sp³-hybridized carbons (Fsp3) is 0.533. The van der Waals surface area contributed by atoms with Gasteiger partial charge in [0.15, 0.2) is 0 Å². The molecule has 1 atom stereocenters. The average molecular weight is 265 g/mol. The molecule has 3 heteroatoms. The lowest BCUT2D eigenvalue weighted by Crippen LogP contribution is -2.38. The summed E-state index contributed by atoms with van der Waals surface area (Å²) in [6.07, 6.45) is 2.00. The van der Waals surface area contributed by atoms with Crippen LogP contribution in [0, 0.1) is 0 Å². The molecule has 1 rings (SSSR count). The minimum absolute atomic E-state index is 0.00538. The number of carbonyl (C=O) groups excluding carboxylic acids is 1. The van der Waals surface area contributed by atoms with Gasteiger partial charge in [-0.3, -0.25) is 4.79 Å². The second-order valence-corrected chi connectivity index (χ2v) is 5.79. The largest absolute Gasteiger partial charge is 0.352 e. The van der Waals surface area contributed by atoms with Crippen molar-refractivity contribution in [2.45, 2.75) is 50.7 Å². The predicted octanol–water partition coefficient (Wildman–Crippen LogP) is 3.61. The molecule has 1 aromatic rings. The first-order valence-electron chi connectivity index (χ1n) is 6.63. The minimum atomic E-state index is 0.00538. The van der Waals surface area contributed by atoms with E-state index < -0.39 is 0 Å². The molecule has 0 spiro atoms. The van der Waals surface area contributed by atoms with Crippen molar-refractivity contribution in [2.24, 2.45) is 0 Å². The highest BCUT2D eigenvalue weighted by atomic mass is 32.2. The smallest absolute Gasteiger partial charge is 0.233 e. The summed E-state index contributed by atoms with van der Waals surface area (Å²) in [6, 6.07) is 10.6. The summed E-state index contributed by atoms with van der Waals surface area (Å²) in [5.74, 6) is 1.04. The third-order valence-electron chi connectivity index (χ3n) is 3.04. The molecule has 1 unspecified atom stereocenters. The molecule has 1 amide bonds. The number of rotatable bonds is 7. The maximum Gasteiger partial charge on any atom is 0.233 e. The molecule has 0 saturated heterocycles. The Bertz CT molecular complexity index is 349. The fourth-order valence-electron chi connectivity index (χ4n) is 1.68. The van der Waals surface area contributed by atoms with Crippen LogP contribution in [-0.4, -0.2) is 17.2 Å². The quantitative estimate of drug-likeness (QED) is 0.816. The number of carbonyl (C=O) groups is 1. The van der Waals surface area contributed by atoms with E-state index in [9.17, 15) is 4.79 Å². The van der Waals surface area contributed by atoms with Gasteiger partial charge in [0, 0.05) is 11.8 Å². The second-order valence-electron chi connectivity index (χ2n) is 4.46. The Morgan fingerprint density at radius 1 is 1.22 bits per heavy atom. The molecule has 0 bridgehead atoms. The maximum absolute atomic E-state index is 12.0. The van der Waals surface area contributed by atoms with Gasteiger partial charge in [-0.25, -0.2) is 0 Å². The molecule has 0 aliphatic rings. The van der Waals surface area contributed by atoms with Crippen LogP contribution in [0.25, 0.3) is 0 Å². The van der Waals surface area contributed by atoms with Gasteiger partial charge in [-0.2, -0.15) is 0 Å². The first kappa shape index (κ1) is 15.1. The average Bonchev–Trinajstić information content (AvgIpc) is 2.42. The van der Waals surface area contributed by atoms with Crippen molar-refractivity contribution in [1.82, 2.24) is 5.32 Å². The molecular formula is C15H23NOS. The van der Waals surface area contributed by atoms with Gasteiger partial charge < -0.3 is 5.32 Å². The zero-order valence-corrected chi connectivity index (χ0v) is 12.3. The third-order valence-corrected chi connectivity index (χ3v) is 4.26. The molecule has 100 valence electrons. The zero-order valence-electron chi connectivity index (χ0n) is 11.5. The summed E-state index contributed by atoms with van der Waals surface area (Å²) in [7, 11) is 0. The van der Waals surface area contributed by atoms with Crippen LogP contribution >= 0.6 is 11.8 Å². The molecule has 0 aliphatic carbocycles. The van der Waals surface area contributed by atoms with Crippen LogP contribution in [-0.2, 0) is 10.5 Å². The van der Waals surface area contributed by atoms with E-state index >= 15 is 0 Å². The van der Waals surface area contributed by atoms with Gasteiger partial charge in [0.2, 0.25) is 5.91 Å². The summed E-state index contributed by atoms with van der Waals surface area (Å²) >= 11 is 1.69. The molecule has 0 aromatic heterocycles. The lowest BCUT2D eigenvalue weighted by atomic mass is 10.2. The number of thioether (sulfide) groups is 1. The zero-order chi connectivity index (χ0) is 13.4. The van der Waals surface area contributed by atoms with Crippen molar-refractivity contribution in [3.63, 3.8) is 0 Å². The molecule has 1 aromatic carbocycles. The van der Waals surface area contributed by atoms with Crippen LogP contribution in [0.2, 0.25) is 0 Å². The minimum Gasteiger partial charge on any atom is -0.352 e. The van der Waals surface area contributed by atoms with E-state index in [0.29, 0.717) is 6.04 Å². The van der Waals surface area contributed by atoms with E-state index in [1.165, 1.54) is 5.56 Å². The fourth-order valence-corrected chi connectivity index (χ4v) is 2.54. The summed E-state index contributed by atoms with van der Waals surface area (Å²) < 4.78 is 0. The molecule has 0 fully saturated rings. The van der Waals surface area contributed by atoms with Gasteiger partial charge in [-0.05, 0) is 25.3 Å². The number of benzene rings is 1. The first-order chi connectivity index (χ1) is 8.67. The third kappa shape index (κ3) is 5.13. The van der Waals surface area contributed by atoms with Crippen molar-refractivity contribution in [2.75, 3.05) is 0 Å². The Kier molecular flexibility index (Phi) is 6.88. The van der Waals surface area contributed by atoms with Crippen LogP contribution in [0.1, 0.15) is 39.2 Å². The van der Waals surface area contributed by atoms with Crippen molar-refractivity contribution in [3.05, 3.63) is 35.9 Å². The van der Waals surface area contributed by atoms with E-state index in [0.717, 1.165) is 18.6 Å². The van der Waals surface area contributed by atoms with E-state index in [1.54, 1.807) is 11.8 Å². The van der Waals surface area contributed by atoms with Gasteiger partial charge in [-0.15, -0.1) is 11.8 Å². The number of hydrogen-bond donors (Lipinski definition) is 1. The highest BCUT2D eigenvalue weighted by molar-refractivity contribution is 7.99. The molecule has 18 heavy (non-hydrogen) atoms. The molecule has 0 saturated carbocycles. The Hall–Kier alpha value is -0.960. The van der Waals surface area contributed by atoms with Crippen molar-refractivity contribution in [1.29, 1.82) is 0 Å². The molecule has 1 N–H and O–H groups in total. The monoisotopic (exact) mass is 265 g/mol. The molecular weight excluding hydrogens is 242 g/mol. The van der Waals surface area contributed by atoms with E-state index in [-0.39, 0.29) is 11.2 Å². The topological polar surface area (TPSA) is 29.1 Å². The van der Waals surface area contributed by atoms with Gasteiger partial charge >= 0.3 is 0 Å². The Balaban J connectivity index is 2.36. The first-order valence-corrected chi connectivity index (χ1v) is 7.68. The highest BCUT2D eigenvalue weighted by Gasteiger charge is 2.15. The molecule has 2 nitrogen and oxygen atoms in total. The van der Waals surface area contributed by atoms with Crippen molar-refractivity contribution in [3.8, 4) is 0 Å². The SMILES string of the molecule is CCC(CC)NC(=O)C(C)SCc1ccccc1. The summed E-state index contributed by atoms with van der Waals surface area (Å²) in [4.78, 5) is 12.0. The Morgan fingerprint density at radius 2 is 1.83 bits per heavy atom. The number of amides is 1. The highest BCUT2D eigenvalue weighted by Crippen LogP contribution is 2.17. The summed E-state index contributed by atoms with van der Waals surface area (Å²) in [6.45, 7) is 6.19. The lowest BCUT2D eigenvalue weighted by Gasteiger charge is -2.18. The number of nitrogens with one attached hydrogen (secondary N) is 1. The van der Waals surface area contributed by atoms with E-state index in [4.69, 9.17) is 0 Å².